The Balaban J connectivity index is 1.74. The Morgan fingerprint density at radius 2 is 2.00 bits per heavy atom. The molecular formula is C15H21NO. The van der Waals surface area contributed by atoms with Crippen LogP contribution in [0.4, 0.5) is 0 Å². The summed E-state index contributed by atoms with van der Waals surface area (Å²) in [4.78, 5) is 0. The van der Waals surface area contributed by atoms with Gasteiger partial charge in [0, 0.05) is 25.2 Å². The van der Waals surface area contributed by atoms with Crippen LogP contribution in [0.25, 0.3) is 0 Å². The molecule has 1 fully saturated rings. The molecule has 1 saturated heterocycles. The number of fused-ring (bicyclic) bond motifs is 1. The first-order valence-corrected chi connectivity index (χ1v) is 6.73. The molecule has 1 heterocycles. The number of hydrogen-bond donors (Lipinski definition) is 1. The van der Waals surface area contributed by atoms with E-state index in [9.17, 15) is 0 Å². The molecule has 2 unspecified atom stereocenters. The highest BCUT2D eigenvalue weighted by Gasteiger charge is 2.36. The van der Waals surface area contributed by atoms with E-state index in [-0.39, 0.29) is 0 Å². The summed E-state index contributed by atoms with van der Waals surface area (Å²) in [6.45, 7) is 1.88. The lowest BCUT2D eigenvalue weighted by molar-refractivity contribution is 0.0497. The molecule has 17 heavy (non-hydrogen) atoms. The van der Waals surface area contributed by atoms with Gasteiger partial charge < -0.3 is 10.1 Å². The number of likely N-dealkylation sites (N-methyl/N-ethyl adjacent to an activating group) is 1. The van der Waals surface area contributed by atoms with Crippen LogP contribution in [-0.2, 0) is 11.2 Å². The molecule has 1 aromatic rings. The van der Waals surface area contributed by atoms with E-state index >= 15 is 0 Å². The van der Waals surface area contributed by atoms with Gasteiger partial charge in [0.05, 0.1) is 0 Å². The molecule has 92 valence electrons. The second kappa shape index (κ2) is 4.79. The van der Waals surface area contributed by atoms with E-state index in [1.165, 1.54) is 19.3 Å². The SMILES string of the molecule is CNC(C1CCOCC1)C1Cc2ccccc21. The summed E-state index contributed by atoms with van der Waals surface area (Å²) in [5, 5.41) is 3.56. The van der Waals surface area contributed by atoms with Crippen molar-refractivity contribution in [1.29, 1.82) is 0 Å². The molecule has 2 atom stereocenters. The van der Waals surface area contributed by atoms with Gasteiger partial charge in [0.15, 0.2) is 0 Å². The van der Waals surface area contributed by atoms with Gasteiger partial charge in [-0.25, -0.2) is 0 Å². The van der Waals surface area contributed by atoms with Crippen LogP contribution in [0.2, 0.25) is 0 Å². The number of hydrogen-bond acceptors (Lipinski definition) is 2. The molecule has 3 rings (SSSR count). The summed E-state index contributed by atoms with van der Waals surface area (Å²) in [5.74, 6) is 1.51. The van der Waals surface area contributed by atoms with Gasteiger partial charge in [-0.1, -0.05) is 24.3 Å². The van der Waals surface area contributed by atoms with Crippen molar-refractivity contribution in [1.82, 2.24) is 5.32 Å². The topological polar surface area (TPSA) is 21.3 Å². The second-order valence-electron chi connectivity index (χ2n) is 5.27. The molecule has 1 aromatic carbocycles. The maximum Gasteiger partial charge on any atom is 0.0469 e. The monoisotopic (exact) mass is 231 g/mol. The van der Waals surface area contributed by atoms with Crippen LogP contribution in [0.15, 0.2) is 24.3 Å². The minimum atomic E-state index is 0.633. The zero-order valence-corrected chi connectivity index (χ0v) is 10.5. The maximum absolute atomic E-state index is 5.47. The van der Waals surface area contributed by atoms with Crippen LogP contribution in [0.3, 0.4) is 0 Å². The fourth-order valence-electron chi connectivity index (χ4n) is 3.46. The third kappa shape index (κ3) is 2.00. The Hall–Kier alpha value is -0.860. The molecule has 2 aliphatic rings. The lowest BCUT2D eigenvalue weighted by Gasteiger charge is -2.41. The second-order valence-corrected chi connectivity index (χ2v) is 5.27. The van der Waals surface area contributed by atoms with E-state index < -0.39 is 0 Å². The number of ether oxygens (including phenoxy) is 1. The third-order valence-electron chi connectivity index (χ3n) is 4.44. The summed E-state index contributed by atoms with van der Waals surface area (Å²) < 4.78 is 5.47. The highest BCUT2D eigenvalue weighted by atomic mass is 16.5. The summed E-state index contributed by atoms with van der Waals surface area (Å²) in [5.41, 5.74) is 3.11. The van der Waals surface area contributed by atoms with Gasteiger partial charge in [-0.3, -0.25) is 0 Å². The average Bonchev–Trinajstić information content (AvgIpc) is 2.37. The molecule has 0 saturated carbocycles. The van der Waals surface area contributed by atoms with Crippen LogP contribution in [-0.4, -0.2) is 26.3 Å². The van der Waals surface area contributed by atoms with Crippen molar-refractivity contribution in [3.05, 3.63) is 35.4 Å². The van der Waals surface area contributed by atoms with E-state index in [0.29, 0.717) is 6.04 Å². The van der Waals surface area contributed by atoms with Gasteiger partial charge in [0.1, 0.15) is 0 Å². The first kappa shape index (κ1) is 11.2. The van der Waals surface area contributed by atoms with Crippen molar-refractivity contribution in [3.63, 3.8) is 0 Å². The van der Waals surface area contributed by atoms with Crippen molar-refractivity contribution < 1.29 is 4.74 Å². The number of benzene rings is 1. The first-order chi connectivity index (χ1) is 8.40. The quantitative estimate of drug-likeness (QED) is 0.862. The van der Waals surface area contributed by atoms with Gasteiger partial charge in [0.25, 0.3) is 0 Å². The maximum atomic E-state index is 5.47. The third-order valence-corrected chi connectivity index (χ3v) is 4.44. The summed E-state index contributed by atoms with van der Waals surface area (Å²) in [6.07, 6.45) is 3.67. The molecule has 0 amide bonds. The Bertz CT molecular complexity index is 384. The molecule has 0 bridgehead atoms. The largest absolute Gasteiger partial charge is 0.381 e. The Kier molecular flexibility index (Phi) is 3.17. The van der Waals surface area contributed by atoms with Crippen molar-refractivity contribution in [2.45, 2.75) is 31.2 Å². The smallest absolute Gasteiger partial charge is 0.0469 e. The molecule has 2 nitrogen and oxygen atoms in total. The Morgan fingerprint density at radius 1 is 1.24 bits per heavy atom. The predicted molar refractivity (Wildman–Crippen MR) is 69.3 cm³/mol. The van der Waals surface area contributed by atoms with Crippen molar-refractivity contribution in [2.24, 2.45) is 5.92 Å². The molecule has 1 N–H and O–H groups in total. The van der Waals surface area contributed by atoms with Crippen molar-refractivity contribution >= 4 is 0 Å². The van der Waals surface area contributed by atoms with Crippen LogP contribution < -0.4 is 5.32 Å². The van der Waals surface area contributed by atoms with E-state index in [0.717, 1.165) is 25.0 Å². The van der Waals surface area contributed by atoms with Gasteiger partial charge >= 0.3 is 0 Å². The Labute approximate surface area is 103 Å². The average molecular weight is 231 g/mol. The Morgan fingerprint density at radius 3 is 2.71 bits per heavy atom. The standard InChI is InChI=1S/C15H21NO/c1-16-15(11-6-8-17-9-7-11)14-10-12-4-2-3-5-13(12)14/h2-5,11,14-16H,6-10H2,1H3. The molecular weight excluding hydrogens is 210 g/mol. The zero-order chi connectivity index (χ0) is 11.7. The lowest BCUT2D eigenvalue weighted by atomic mass is 9.69. The van der Waals surface area contributed by atoms with E-state index in [2.05, 4.69) is 36.6 Å². The summed E-state index contributed by atoms with van der Waals surface area (Å²) >= 11 is 0. The first-order valence-electron chi connectivity index (χ1n) is 6.73. The molecule has 0 spiro atoms. The van der Waals surface area contributed by atoms with E-state index in [4.69, 9.17) is 4.74 Å². The minimum Gasteiger partial charge on any atom is -0.381 e. The van der Waals surface area contributed by atoms with Crippen molar-refractivity contribution in [3.8, 4) is 0 Å². The molecule has 0 aromatic heterocycles. The molecule has 0 radical (unpaired) electrons. The summed E-state index contributed by atoms with van der Waals surface area (Å²) in [7, 11) is 2.11. The number of rotatable bonds is 3. The van der Waals surface area contributed by atoms with Crippen molar-refractivity contribution in [2.75, 3.05) is 20.3 Å². The molecule has 1 aliphatic carbocycles. The highest BCUT2D eigenvalue weighted by Crippen LogP contribution is 2.41. The van der Waals surface area contributed by atoms with Crippen LogP contribution in [0.1, 0.15) is 29.9 Å². The van der Waals surface area contributed by atoms with E-state index in [1.54, 1.807) is 11.1 Å². The molecule has 2 heteroatoms. The lowest BCUT2D eigenvalue weighted by Crippen LogP contribution is -2.45. The predicted octanol–water partition coefficient (Wildman–Crippen LogP) is 2.34. The zero-order valence-electron chi connectivity index (χ0n) is 10.5. The normalized spacial score (nSPS) is 26.1. The van der Waals surface area contributed by atoms with Crippen LogP contribution in [0, 0.1) is 5.92 Å². The fourth-order valence-corrected chi connectivity index (χ4v) is 3.46. The van der Waals surface area contributed by atoms with Crippen LogP contribution in [0.5, 0.6) is 0 Å². The van der Waals surface area contributed by atoms with Gasteiger partial charge in [0.2, 0.25) is 0 Å². The van der Waals surface area contributed by atoms with Gasteiger partial charge in [-0.15, -0.1) is 0 Å². The highest BCUT2D eigenvalue weighted by molar-refractivity contribution is 5.41. The van der Waals surface area contributed by atoms with Crippen LogP contribution >= 0.6 is 0 Å². The van der Waals surface area contributed by atoms with Gasteiger partial charge in [-0.2, -0.15) is 0 Å². The fraction of sp³-hybridized carbons (Fsp3) is 0.600. The number of nitrogens with one attached hydrogen (secondary N) is 1. The van der Waals surface area contributed by atoms with E-state index in [1.807, 2.05) is 0 Å². The minimum absolute atomic E-state index is 0.633. The summed E-state index contributed by atoms with van der Waals surface area (Å²) in [6, 6.07) is 9.52. The molecule has 1 aliphatic heterocycles. The van der Waals surface area contributed by atoms with Gasteiger partial charge in [-0.05, 0) is 43.4 Å².